The Bertz CT molecular complexity index is 186. The van der Waals surface area contributed by atoms with Crippen LogP contribution >= 0.6 is 0 Å². The monoisotopic (exact) mass is 232 g/mol. The maximum atomic E-state index is 11.0. The number of hydrogen-bond donors (Lipinski definition) is 2. The van der Waals surface area contributed by atoms with Crippen molar-refractivity contribution in [2.24, 2.45) is 0 Å². The Morgan fingerprint density at radius 1 is 1.44 bits per heavy atom. The number of aliphatic hydroxyl groups is 1. The molecule has 0 radical (unpaired) electrons. The first-order valence-corrected chi connectivity index (χ1v) is 5.79. The number of rotatable bonds is 8. The van der Waals surface area contributed by atoms with Gasteiger partial charge in [0, 0.05) is 12.6 Å². The minimum atomic E-state index is -0.453. The van der Waals surface area contributed by atoms with Crippen LogP contribution < -0.4 is 5.32 Å². The molecule has 2 N–H and O–H groups in total. The van der Waals surface area contributed by atoms with E-state index in [9.17, 15) is 4.79 Å². The van der Waals surface area contributed by atoms with E-state index in [2.05, 4.69) is 35.8 Å². The minimum Gasteiger partial charge on any atom is -0.447 e. The second kappa shape index (κ2) is 9.42. The highest BCUT2D eigenvalue weighted by Gasteiger charge is 2.03. The van der Waals surface area contributed by atoms with Crippen molar-refractivity contribution in [1.82, 2.24) is 10.2 Å². The Hall–Kier alpha value is -0.810. The summed E-state index contributed by atoms with van der Waals surface area (Å²) in [4.78, 5) is 13.2. The fourth-order valence-electron chi connectivity index (χ4n) is 1.12. The fourth-order valence-corrected chi connectivity index (χ4v) is 1.12. The molecule has 0 aromatic rings. The number of unbranched alkanes of at least 4 members (excludes halogenated alkanes) is 1. The average Bonchev–Trinajstić information content (AvgIpc) is 2.25. The van der Waals surface area contributed by atoms with Crippen molar-refractivity contribution in [1.29, 1.82) is 0 Å². The van der Waals surface area contributed by atoms with Crippen LogP contribution in [0.4, 0.5) is 4.79 Å². The average molecular weight is 232 g/mol. The Kier molecular flexibility index (Phi) is 8.94. The lowest BCUT2D eigenvalue weighted by Gasteiger charge is -2.20. The summed E-state index contributed by atoms with van der Waals surface area (Å²) in [5.41, 5.74) is 0. The first-order valence-electron chi connectivity index (χ1n) is 5.79. The quantitative estimate of drug-likeness (QED) is 0.608. The van der Waals surface area contributed by atoms with E-state index in [0.717, 1.165) is 19.4 Å². The Morgan fingerprint density at radius 2 is 2.12 bits per heavy atom. The molecule has 0 aliphatic heterocycles. The van der Waals surface area contributed by atoms with E-state index in [4.69, 9.17) is 5.11 Å². The molecular weight excluding hydrogens is 208 g/mol. The zero-order chi connectivity index (χ0) is 12.4. The van der Waals surface area contributed by atoms with E-state index in [0.29, 0.717) is 12.6 Å². The van der Waals surface area contributed by atoms with Crippen LogP contribution in [0.15, 0.2) is 0 Å². The summed E-state index contributed by atoms with van der Waals surface area (Å²) < 4.78 is 4.65. The zero-order valence-electron chi connectivity index (χ0n) is 10.5. The lowest BCUT2D eigenvalue weighted by Crippen LogP contribution is -2.29. The second-order valence-electron chi connectivity index (χ2n) is 4.07. The first-order chi connectivity index (χ1) is 7.57. The van der Waals surface area contributed by atoms with Crippen molar-refractivity contribution < 1.29 is 14.6 Å². The van der Waals surface area contributed by atoms with E-state index >= 15 is 0 Å². The van der Waals surface area contributed by atoms with Gasteiger partial charge in [0.1, 0.15) is 6.61 Å². The van der Waals surface area contributed by atoms with Crippen molar-refractivity contribution in [2.75, 3.05) is 33.4 Å². The van der Waals surface area contributed by atoms with Crippen LogP contribution in [-0.2, 0) is 4.74 Å². The number of hydrogen-bond acceptors (Lipinski definition) is 4. The summed E-state index contributed by atoms with van der Waals surface area (Å²) in [6, 6.07) is 0.558. The summed E-state index contributed by atoms with van der Waals surface area (Å²) in [5, 5.41) is 11.1. The van der Waals surface area contributed by atoms with E-state index in [1.54, 1.807) is 0 Å². The van der Waals surface area contributed by atoms with E-state index in [1.807, 2.05) is 0 Å². The van der Waals surface area contributed by atoms with Crippen LogP contribution in [0.5, 0.6) is 0 Å². The Balaban J connectivity index is 3.30. The van der Waals surface area contributed by atoms with Crippen LogP contribution in [0.3, 0.4) is 0 Å². The smallest absolute Gasteiger partial charge is 0.407 e. The number of amides is 1. The van der Waals surface area contributed by atoms with Gasteiger partial charge in [0.25, 0.3) is 0 Å². The van der Waals surface area contributed by atoms with Gasteiger partial charge in [-0.15, -0.1) is 0 Å². The molecule has 5 nitrogen and oxygen atoms in total. The summed E-state index contributed by atoms with van der Waals surface area (Å²) in [5.74, 6) is 0. The highest BCUT2D eigenvalue weighted by atomic mass is 16.6. The molecule has 0 atom stereocenters. The molecule has 0 spiro atoms. The highest BCUT2D eigenvalue weighted by molar-refractivity contribution is 5.66. The zero-order valence-corrected chi connectivity index (χ0v) is 10.5. The molecule has 16 heavy (non-hydrogen) atoms. The third kappa shape index (κ3) is 8.49. The first kappa shape index (κ1) is 15.2. The number of ether oxygens (including phenoxy) is 1. The van der Waals surface area contributed by atoms with Crippen molar-refractivity contribution in [3.05, 3.63) is 0 Å². The second-order valence-corrected chi connectivity index (χ2v) is 4.07. The van der Waals surface area contributed by atoms with Gasteiger partial charge in [-0.25, -0.2) is 4.79 Å². The molecule has 96 valence electrons. The van der Waals surface area contributed by atoms with Gasteiger partial charge in [-0.2, -0.15) is 0 Å². The van der Waals surface area contributed by atoms with Gasteiger partial charge in [-0.3, -0.25) is 0 Å². The van der Waals surface area contributed by atoms with Crippen LogP contribution in [0.2, 0.25) is 0 Å². The van der Waals surface area contributed by atoms with Gasteiger partial charge in [0.15, 0.2) is 0 Å². The van der Waals surface area contributed by atoms with Gasteiger partial charge in [0.05, 0.1) is 6.61 Å². The Morgan fingerprint density at radius 3 is 2.69 bits per heavy atom. The molecule has 0 aliphatic carbocycles. The van der Waals surface area contributed by atoms with Gasteiger partial charge in [-0.05, 0) is 40.3 Å². The number of nitrogens with one attached hydrogen (secondary N) is 1. The predicted molar refractivity (Wildman–Crippen MR) is 63.4 cm³/mol. The third-order valence-corrected chi connectivity index (χ3v) is 2.41. The molecule has 0 saturated carbocycles. The highest BCUT2D eigenvalue weighted by Crippen LogP contribution is 1.97. The molecule has 0 bridgehead atoms. The van der Waals surface area contributed by atoms with Crippen molar-refractivity contribution in [3.8, 4) is 0 Å². The van der Waals surface area contributed by atoms with E-state index < -0.39 is 6.09 Å². The normalized spacial score (nSPS) is 10.9. The number of carbonyl (C=O) groups is 1. The summed E-state index contributed by atoms with van der Waals surface area (Å²) >= 11 is 0. The van der Waals surface area contributed by atoms with E-state index in [1.165, 1.54) is 0 Å². The largest absolute Gasteiger partial charge is 0.447 e. The van der Waals surface area contributed by atoms with Gasteiger partial charge in [0.2, 0.25) is 0 Å². The number of aliphatic hydroxyl groups excluding tert-OH is 1. The van der Waals surface area contributed by atoms with Gasteiger partial charge < -0.3 is 20.1 Å². The molecule has 0 unspecified atom stereocenters. The maximum Gasteiger partial charge on any atom is 0.407 e. The lowest BCUT2D eigenvalue weighted by molar-refractivity contribution is 0.119. The van der Waals surface area contributed by atoms with E-state index in [-0.39, 0.29) is 13.2 Å². The number of carbonyl (C=O) groups excluding carboxylic acids is 1. The van der Waals surface area contributed by atoms with Crippen molar-refractivity contribution >= 4 is 6.09 Å². The Labute approximate surface area is 97.8 Å². The molecule has 0 saturated heterocycles. The third-order valence-electron chi connectivity index (χ3n) is 2.41. The van der Waals surface area contributed by atoms with Crippen LogP contribution in [0.1, 0.15) is 26.7 Å². The molecule has 0 aromatic carbocycles. The standard InChI is InChI=1S/C11H24N2O3/c1-10(2)13(3)7-5-4-6-12-11(15)16-9-8-14/h10,14H,4-9H2,1-3H3,(H,12,15). The SMILES string of the molecule is CC(C)N(C)CCCCNC(=O)OCCO. The van der Waals surface area contributed by atoms with Crippen molar-refractivity contribution in [3.63, 3.8) is 0 Å². The minimum absolute atomic E-state index is 0.0575. The van der Waals surface area contributed by atoms with Crippen LogP contribution in [0, 0.1) is 0 Å². The molecule has 0 aromatic heterocycles. The van der Waals surface area contributed by atoms with Crippen molar-refractivity contribution in [2.45, 2.75) is 32.7 Å². The topological polar surface area (TPSA) is 61.8 Å². The van der Waals surface area contributed by atoms with Gasteiger partial charge >= 0.3 is 6.09 Å². The number of alkyl carbamates (subject to hydrolysis) is 1. The summed E-state index contributed by atoms with van der Waals surface area (Å²) in [6.45, 7) is 5.89. The predicted octanol–water partition coefficient (Wildman–Crippen LogP) is 0.825. The maximum absolute atomic E-state index is 11.0. The molecule has 0 heterocycles. The number of nitrogens with zero attached hydrogens (tertiary/aromatic N) is 1. The van der Waals surface area contributed by atoms with Crippen LogP contribution in [0.25, 0.3) is 0 Å². The molecule has 0 fully saturated rings. The molecule has 0 aliphatic rings. The fraction of sp³-hybridized carbons (Fsp3) is 0.909. The van der Waals surface area contributed by atoms with Crippen LogP contribution in [-0.4, -0.2) is 55.5 Å². The lowest BCUT2D eigenvalue weighted by atomic mass is 10.2. The molecule has 0 rings (SSSR count). The molecule has 1 amide bonds. The molecular formula is C11H24N2O3. The summed E-state index contributed by atoms with van der Waals surface area (Å²) in [6.07, 6.45) is 1.53. The van der Waals surface area contributed by atoms with Gasteiger partial charge in [-0.1, -0.05) is 0 Å². The summed E-state index contributed by atoms with van der Waals surface area (Å²) in [7, 11) is 2.09. The molecule has 5 heteroatoms.